The number of hydrogen-bond donors (Lipinski definition) is 1. The van der Waals surface area contributed by atoms with Crippen molar-refractivity contribution in [1.29, 1.82) is 0 Å². The van der Waals surface area contributed by atoms with E-state index in [1.165, 1.54) is 6.42 Å². The normalized spacial score (nSPS) is 20.9. The molecule has 2 aliphatic rings. The molecule has 0 aliphatic carbocycles. The van der Waals surface area contributed by atoms with Gasteiger partial charge in [0, 0.05) is 31.1 Å². The first-order chi connectivity index (χ1) is 8.76. The summed E-state index contributed by atoms with van der Waals surface area (Å²) in [6.45, 7) is 4.53. The van der Waals surface area contributed by atoms with Gasteiger partial charge in [0.2, 0.25) is 0 Å². The molecule has 18 heavy (non-hydrogen) atoms. The van der Waals surface area contributed by atoms with E-state index in [9.17, 15) is 0 Å². The van der Waals surface area contributed by atoms with Crippen LogP contribution in [-0.4, -0.2) is 40.4 Å². The zero-order valence-corrected chi connectivity index (χ0v) is 11.0. The van der Waals surface area contributed by atoms with Gasteiger partial charge in [-0.1, -0.05) is 0 Å². The minimum absolute atomic E-state index is 0.494. The molecule has 2 aliphatic heterocycles. The van der Waals surface area contributed by atoms with Gasteiger partial charge in [0.15, 0.2) is 0 Å². The Kier molecular flexibility index (Phi) is 2.82. The van der Waals surface area contributed by atoms with E-state index < -0.39 is 0 Å². The van der Waals surface area contributed by atoms with Crippen molar-refractivity contribution < 1.29 is 9.47 Å². The molecule has 0 atom stereocenters. The fraction of sp³-hybridized carbons (Fsp3) is 0.571. The third kappa shape index (κ3) is 1.81. The minimum Gasteiger partial charge on any atom is -0.497 e. The van der Waals surface area contributed by atoms with Crippen LogP contribution in [0.1, 0.15) is 6.42 Å². The van der Waals surface area contributed by atoms with Crippen LogP contribution in [0, 0.1) is 5.41 Å². The molecule has 0 unspecified atom stereocenters. The standard InChI is InChI=1S/C14H20N2O2/c1-17-11-3-4-13(18-2)12(7-11)16-9-14(10-16)5-6-15-8-14/h3-4,7,15H,5-6,8-10H2,1-2H3. The zero-order chi connectivity index (χ0) is 12.6. The lowest BCUT2D eigenvalue weighted by molar-refractivity contribution is 0.241. The minimum atomic E-state index is 0.494. The van der Waals surface area contributed by atoms with Crippen molar-refractivity contribution >= 4 is 5.69 Å². The highest BCUT2D eigenvalue weighted by molar-refractivity contribution is 5.63. The molecule has 2 saturated heterocycles. The van der Waals surface area contributed by atoms with Crippen LogP contribution in [0.3, 0.4) is 0 Å². The summed E-state index contributed by atoms with van der Waals surface area (Å²) in [5, 5.41) is 3.46. The molecule has 4 nitrogen and oxygen atoms in total. The molecule has 0 saturated carbocycles. The van der Waals surface area contributed by atoms with Gasteiger partial charge < -0.3 is 19.7 Å². The Bertz CT molecular complexity index is 433. The van der Waals surface area contributed by atoms with Gasteiger partial charge in [0.1, 0.15) is 11.5 Å². The third-order valence-corrected chi connectivity index (χ3v) is 4.11. The van der Waals surface area contributed by atoms with Gasteiger partial charge in [0.25, 0.3) is 0 Å². The smallest absolute Gasteiger partial charge is 0.142 e. The molecule has 1 aromatic carbocycles. The summed E-state index contributed by atoms with van der Waals surface area (Å²) in [4.78, 5) is 2.38. The number of methoxy groups -OCH3 is 2. The third-order valence-electron chi connectivity index (χ3n) is 4.11. The van der Waals surface area contributed by atoms with E-state index >= 15 is 0 Å². The van der Waals surface area contributed by atoms with E-state index in [1.54, 1.807) is 14.2 Å². The molecule has 0 radical (unpaired) electrons. The molecule has 1 spiro atoms. The van der Waals surface area contributed by atoms with Gasteiger partial charge in [-0.05, 0) is 25.1 Å². The Morgan fingerprint density at radius 3 is 2.67 bits per heavy atom. The highest BCUT2D eigenvalue weighted by Gasteiger charge is 2.45. The van der Waals surface area contributed by atoms with Crippen molar-refractivity contribution in [2.24, 2.45) is 5.41 Å². The Morgan fingerprint density at radius 1 is 1.22 bits per heavy atom. The van der Waals surface area contributed by atoms with E-state index in [4.69, 9.17) is 9.47 Å². The fourth-order valence-electron chi connectivity index (χ4n) is 3.04. The largest absolute Gasteiger partial charge is 0.497 e. The van der Waals surface area contributed by atoms with Gasteiger partial charge in [-0.2, -0.15) is 0 Å². The summed E-state index contributed by atoms with van der Waals surface area (Å²) in [6.07, 6.45) is 1.29. The SMILES string of the molecule is COc1ccc(OC)c(N2CC3(CCNC3)C2)c1. The predicted octanol–water partition coefficient (Wildman–Crippen LogP) is 1.50. The summed E-state index contributed by atoms with van der Waals surface area (Å²) >= 11 is 0. The van der Waals surface area contributed by atoms with E-state index in [0.717, 1.165) is 43.4 Å². The number of nitrogens with zero attached hydrogens (tertiary/aromatic N) is 1. The highest BCUT2D eigenvalue weighted by atomic mass is 16.5. The molecular weight excluding hydrogens is 228 g/mol. The first-order valence-electron chi connectivity index (χ1n) is 6.44. The van der Waals surface area contributed by atoms with Gasteiger partial charge in [-0.15, -0.1) is 0 Å². The molecule has 98 valence electrons. The summed E-state index contributed by atoms with van der Waals surface area (Å²) in [5.74, 6) is 1.81. The number of anilines is 1. The number of benzene rings is 1. The van der Waals surface area contributed by atoms with Crippen LogP contribution in [0.2, 0.25) is 0 Å². The Labute approximate surface area is 108 Å². The van der Waals surface area contributed by atoms with E-state index in [2.05, 4.69) is 16.3 Å². The maximum atomic E-state index is 5.44. The van der Waals surface area contributed by atoms with E-state index in [-0.39, 0.29) is 0 Å². The first-order valence-corrected chi connectivity index (χ1v) is 6.44. The van der Waals surface area contributed by atoms with Crippen molar-refractivity contribution in [3.05, 3.63) is 18.2 Å². The lowest BCUT2D eigenvalue weighted by Crippen LogP contribution is -2.57. The van der Waals surface area contributed by atoms with Crippen molar-refractivity contribution in [2.75, 3.05) is 45.3 Å². The van der Waals surface area contributed by atoms with Crippen molar-refractivity contribution in [2.45, 2.75) is 6.42 Å². The molecule has 3 rings (SSSR count). The van der Waals surface area contributed by atoms with Gasteiger partial charge in [-0.25, -0.2) is 0 Å². The second kappa shape index (κ2) is 4.35. The van der Waals surface area contributed by atoms with Crippen LogP contribution in [0.25, 0.3) is 0 Å². The molecule has 1 aromatic rings. The summed E-state index contributed by atoms with van der Waals surface area (Å²) in [5.41, 5.74) is 1.64. The van der Waals surface area contributed by atoms with Crippen molar-refractivity contribution in [1.82, 2.24) is 5.32 Å². The summed E-state index contributed by atoms with van der Waals surface area (Å²) in [6, 6.07) is 5.98. The monoisotopic (exact) mass is 248 g/mol. The molecule has 4 heteroatoms. The molecule has 0 aromatic heterocycles. The summed E-state index contributed by atoms with van der Waals surface area (Å²) in [7, 11) is 3.42. The second-order valence-electron chi connectivity index (χ2n) is 5.32. The Morgan fingerprint density at radius 2 is 2.06 bits per heavy atom. The molecule has 0 bridgehead atoms. The van der Waals surface area contributed by atoms with Crippen LogP contribution in [0.4, 0.5) is 5.69 Å². The van der Waals surface area contributed by atoms with Crippen LogP contribution in [0.5, 0.6) is 11.5 Å². The van der Waals surface area contributed by atoms with Crippen LogP contribution in [-0.2, 0) is 0 Å². The first kappa shape index (κ1) is 11.7. The Hall–Kier alpha value is -1.42. The summed E-state index contributed by atoms with van der Waals surface area (Å²) < 4.78 is 10.7. The number of nitrogens with one attached hydrogen (secondary N) is 1. The molecule has 2 fully saturated rings. The molecular formula is C14H20N2O2. The number of rotatable bonds is 3. The Balaban J connectivity index is 1.80. The van der Waals surface area contributed by atoms with E-state index in [0.29, 0.717) is 5.41 Å². The maximum Gasteiger partial charge on any atom is 0.142 e. The number of ether oxygens (including phenoxy) is 2. The lowest BCUT2D eigenvalue weighted by Gasteiger charge is -2.49. The lowest BCUT2D eigenvalue weighted by atomic mass is 9.79. The second-order valence-corrected chi connectivity index (χ2v) is 5.32. The van der Waals surface area contributed by atoms with Crippen LogP contribution < -0.4 is 19.7 Å². The molecule has 2 heterocycles. The molecule has 1 N–H and O–H groups in total. The topological polar surface area (TPSA) is 33.7 Å². The van der Waals surface area contributed by atoms with Crippen LogP contribution in [0.15, 0.2) is 18.2 Å². The van der Waals surface area contributed by atoms with Gasteiger partial charge >= 0.3 is 0 Å². The average Bonchev–Trinajstić information content (AvgIpc) is 2.85. The maximum absolute atomic E-state index is 5.44. The quantitative estimate of drug-likeness (QED) is 0.879. The van der Waals surface area contributed by atoms with E-state index in [1.807, 2.05) is 12.1 Å². The van der Waals surface area contributed by atoms with Gasteiger partial charge in [-0.3, -0.25) is 0 Å². The highest BCUT2D eigenvalue weighted by Crippen LogP contribution is 2.43. The zero-order valence-electron chi connectivity index (χ0n) is 11.0. The van der Waals surface area contributed by atoms with Gasteiger partial charge in [0.05, 0.1) is 19.9 Å². The fourth-order valence-corrected chi connectivity index (χ4v) is 3.04. The van der Waals surface area contributed by atoms with Crippen molar-refractivity contribution in [3.63, 3.8) is 0 Å². The average molecular weight is 248 g/mol. The number of hydrogen-bond acceptors (Lipinski definition) is 4. The van der Waals surface area contributed by atoms with Crippen LogP contribution >= 0.6 is 0 Å². The van der Waals surface area contributed by atoms with Crippen molar-refractivity contribution in [3.8, 4) is 11.5 Å². The molecule has 0 amide bonds. The predicted molar refractivity (Wildman–Crippen MR) is 71.7 cm³/mol.